The van der Waals surface area contributed by atoms with Gasteiger partial charge in [0.25, 0.3) is 0 Å². The molecule has 2 fully saturated rings. The molecule has 2 N–H and O–H groups in total. The Morgan fingerprint density at radius 3 is 2.53 bits per heavy atom. The Bertz CT molecular complexity index is 986. The molecule has 0 radical (unpaired) electrons. The summed E-state index contributed by atoms with van der Waals surface area (Å²) in [7, 11) is 1.31. The van der Waals surface area contributed by atoms with Gasteiger partial charge in [-0.2, -0.15) is 0 Å². The summed E-state index contributed by atoms with van der Waals surface area (Å²) >= 11 is 0. The molecular formula is C21H22F2N4O3. The van der Waals surface area contributed by atoms with Crippen molar-refractivity contribution in [2.24, 2.45) is 0 Å². The summed E-state index contributed by atoms with van der Waals surface area (Å²) in [6.07, 6.45) is 5.00. The molecule has 0 unspecified atom stereocenters. The third-order valence-electron chi connectivity index (χ3n) is 5.74. The molecule has 4 rings (SSSR count). The summed E-state index contributed by atoms with van der Waals surface area (Å²) in [6, 6.07) is 0.569. The van der Waals surface area contributed by atoms with Crippen LogP contribution in [0.4, 0.5) is 13.6 Å². The van der Waals surface area contributed by atoms with Gasteiger partial charge in [-0.3, -0.25) is 14.8 Å². The predicted octanol–water partition coefficient (Wildman–Crippen LogP) is 2.88. The number of ether oxygens (including phenoxy) is 1. The molecule has 2 aliphatic carbocycles. The topological polar surface area (TPSA) is 93.2 Å². The number of ketones is 1. The molecule has 7 nitrogen and oxygen atoms in total. The van der Waals surface area contributed by atoms with Gasteiger partial charge in [0.2, 0.25) is 0 Å². The van der Waals surface area contributed by atoms with Crippen LogP contribution in [0.15, 0.2) is 24.5 Å². The molecular weight excluding hydrogens is 394 g/mol. The number of benzene rings is 1. The molecule has 0 aliphatic heterocycles. The van der Waals surface area contributed by atoms with Gasteiger partial charge in [0.15, 0.2) is 5.78 Å². The predicted molar refractivity (Wildman–Crippen MR) is 103 cm³/mol. The van der Waals surface area contributed by atoms with Crippen LogP contribution in [-0.4, -0.2) is 34.9 Å². The van der Waals surface area contributed by atoms with Crippen molar-refractivity contribution in [1.29, 1.82) is 0 Å². The molecule has 0 bridgehead atoms. The number of urea groups is 1. The van der Waals surface area contributed by atoms with E-state index in [1.165, 1.54) is 7.11 Å². The first-order valence-electron chi connectivity index (χ1n) is 9.76. The van der Waals surface area contributed by atoms with Crippen LogP contribution in [0.5, 0.6) is 5.75 Å². The van der Waals surface area contributed by atoms with Gasteiger partial charge in [-0.15, -0.1) is 0 Å². The average molecular weight is 416 g/mol. The molecule has 2 aliphatic rings. The second-order valence-electron chi connectivity index (χ2n) is 7.82. The first-order valence-corrected chi connectivity index (χ1v) is 9.76. The Hall–Kier alpha value is -3.10. The van der Waals surface area contributed by atoms with E-state index in [4.69, 9.17) is 4.74 Å². The van der Waals surface area contributed by atoms with Crippen LogP contribution in [0.25, 0.3) is 0 Å². The zero-order valence-electron chi connectivity index (χ0n) is 16.7. The molecule has 1 aromatic carbocycles. The van der Waals surface area contributed by atoms with Crippen molar-refractivity contribution in [1.82, 2.24) is 20.6 Å². The Morgan fingerprint density at radius 1 is 1.23 bits per heavy atom. The number of halogens is 2. The number of nitrogens with one attached hydrogen (secondary N) is 2. The van der Waals surface area contributed by atoms with Crippen molar-refractivity contribution in [2.45, 2.75) is 50.1 Å². The minimum Gasteiger partial charge on any atom is -0.497 e. The summed E-state index contributed by atoms with van der Waals surface area (Å²) in [5.41, 5.74) is 0.547. The molecule has 0 saturated heterocycles. The molecule has 2 aromatic rings. The second kappa shape index (κ2) is 7.62. The maximum atomic E-state index is 14.6. The zero-order chi connectivity index (χ0) is 21.5. The van der Waals surface area contributed by atoms with Gasteiger partial charge >= 0.3 is 6.03 Å². The lowest BCUT2D eigenvalue weighted by atomic mass is 9.92. The van der Waals surface area contributed by atoms with Crippen LogP contribution in [0, 0.1) is 18.6 Å². The van der Waals surface area contributed by atoms with Crippen molar-refractivity contribution in [3.8, 4) is 5.75 Å². The van der Waals surface area contributed by atoms with Crippen molar-refractivity contribution in [2.75, 3.05) is 7.11 Å². The van der Waals surface area contributed by atoms with Crippen LogP contribution in [0.2, 0.25) is 0 Å². The number of methoxy groups -OCH3 is 1. The van der Waals surface area contributed by atoms with E-state index in [9.17, 15) is 18.4 Å². The summed E-state index contributed by atoms with van der Waals surface area (Å²) in [5, 5.41) is 5.49. The molecule has 2 saturated carbocycles. The summed E-state index contributed by atoms with van der Waals surface area (Å²) in [4.78, 5) is 33.6. The average Bonchev–Trinajstić information content (AvgIpc) is 3.40. The number of hydrogen-bond donors (Lipinski definition) is 2. The summed E-state index contributed by atoms with van der Waals surface area (Å²) in [6.45, 7) is 1.81. The number of aryl methyl sites for hydroxylation is 1. The van der Waals surface area contributed by atoms with Crippen molar-refractivity contribution in [3.05, 3.63) is 53.1 Å². The first-order chi connectivity index (χ1) is 14.3. The number of Topliss-reactive ketones (excluding diaryl/α,β-unsaturated/α-hetero) is 1. The fraction of sp³-hybridized carbons (Fsp3) is 0.429. The number of amides is 2. The standard InChI is InChI=1S/C21H22F2N4O3/c1-11-9-24-10-17(25-11)21(5-6-21)27-20(29)26-19-13(3-4-16(19)28)18-14(22)7-12(30-2)8-15(18)23/h7-10,13,19H,3-6H2,1-2H3,(H2,26,27,29)/t13-,19-/m0/s1. The number of nitrogens with zero attached hydrogens (tertiary/aromatic N) is 2. The van der Waals surface area contributed by atoms with E-state index in [2.05, 4.69) is 20.6 Å². The minimum atomic E-state index is -1.01. The van der Waals surface area contributed by atoms with Crippen LogP contribution >= 0.6 is 0 Å². The smallest absolute Gasteiger partial charge is 0.316 e. The Morgan fingerprint density at radius 2 is 1.93 bits per heavy atom. The lowest BCUT2D eigenvalue weighted by Gasteiger charge is -2.24. The number of hydrogen-bond acceptors (Lipinski definition) is 5. The Labute approximate surface area is 172 Å². The summed E-state index contributed by atoms with van der Waals surface area (Å²) < 4.78 is 34.0. The molecule has 0 spiro atoms. The van der Waals surface area contributed by atoms with Gasteiger partial charge in [0.1, 0.15) is 17.4 Å². The van der Waals surface area contributed by atoms with E-state index in [1.54, 1.807) is 12.4 Å². The number of carbonyl (C=O) groups is 2. The SMILES string of the molecule is COc1cc(F)c([C@@H]2CCC(=O)[C@H]2NC(=O)NC2(c3cncc(C)n3)CC2)c(F)c1. The van der Waals surface area contributed by atoms with E-state index in [-0.39, 0.29) is 29.9 Å². The highest BCUT2D eigenvalue weighted by atomic mass is 19.1. The summed E-state index contributed by atoms with van der Waals surface area (Å²) in [5.74, 6) is -2.59. The second-order valence-corrected chi connectivity index (χ2v) is 7.82. The third kappa shape index (κ3) is 3.71. The van der Waals surface area contributed by atoms with Gasteiger partial charge < -0.3 is 15.4 Å². The molecule has 1 heterocycles. The van der Waals surface area contributed by atoms with Gasteiger partial charge in [-0.25, -0.2) is 13.6 Å². The zero-order valence-corrected chi connectivity index (χ0v) is 16.7. The lowest BCUT2D eigenvalue weighted by Crippen LogP contribution is -2.49. The molecule has 30 heavy (non-hydrogen) atoms. The normalized spacial score (nSPS) is 21.9. The van der Waals surface area contributed by atoms with E-state index >= 15 is 0 Å². The monoisotopic (exact) mass is 416 g/mol. The number of carbonyl (C=O) groups excluding carboxylic acids is 2. The van der Waals surface area contributed by atoms with Gasteiger partial charge in [-0.05, 0) is 26.2 Å². The van der Waals surface area contributed by atoms with Crippen LogP contribution in [0.3, 0.4) is 0 Å². The van der Waals surface area contributed by atoms with E-state index in [1.807, 2.05) is 6.92 Å². The maximum Gasteiger partial charge on any atom is 0.316 e. The van der Waals surface area contributed by atoms with Gasteiger partial charge in [0, 0.05) is 36.2 Å². The van der Waals surface area contributed by atoms with E-state index in [0.717, 1.165) is 17.8 Å². The van der Waals surface area contributed by atoms with Crippen molar-refractivity contribution < 1.29 is 23.1 Å². The highest BCUT2D eigenvalue weighted by Crippen LogP contribution is 2.44. The van der Waals surface area contributed by atoms with Crippen molar-refractivity contribution in [3.63, 3.8) is 0 Å². The van der Waals surface area contributed by atoms with Crippen LogP contribution in [-0.2, 0) is 10.3 Å². The molecule has 2 amide bonds. The number of rotatable bonds is 5. The third-order valence-corrected chi connectivity index (χ3v) is 5.74. The quantitative estimate of drug-likeness (QED) is 0.782. The Kier molecular flexibility index (Phi) is 5.13. The van der Waals surface area contributed by atoms with E-state index in [0.29, 0.717) is 18.5 Å². The van der Waals surface area contributed by atoms with E-state index < -0.39 is 35.2 Å². The van der Waals surface area contributed by atoms with Gasteiger partial charge in [-0.1, -0.05) is 0 Å². The van der Waals surface area contributed by atoms with Crippen molar-refractivity contribution >= 4 is 11.8 Å². The molecule has 9 heteroatoms. The molecule has 1 aromatic heterocycles. The minimum absolute atomic E-state index is 0.0512. The highest BCUT2D eigenvalue weighted by Gasteiger charge is 2.48. The molecule has 2 atom stereocenters. The number of aromatic nitrogens is 2. The van der Waals surface area contributed by atoms with Crippen LogP contribution in [0.1, 0.15) is 48.6 Å². The largest absolute Gasteiger partial charge is 0.497 e. The fourth-order valence-electron chi connectivity index (χ4n) is 4.03. The first kappa shape index (κ1) is 20.2. The lowest BCUT2D eigenvalue weighted by molar-refractivity contribution is -0.119. The highest BCUT2D eigenvalue weighted by molar-refractivity contribution is 5.91. The van der Waals surface area contributed by atoms with Gasteiger partial charge in [0.05, 0.1) is 36.3 Å². The fourth-order valence-corrected chi connectivity index (χ4v) is 4.03. The maximum absolute atomic E-state index is 14.6. The van der Waals surface area contributed by atoms with Crippen LogP contribution < -0.4 is 15.4 Å². The molecule has 158 valence electrons. The Balaban J connectivity index is 1.52.